The van der Waals surface area contributed by atoms with Crippen LogP contribution in [-0.4, -0.2) is 17.9 Å². The third-order valence-electron chi connectivity index (χ3n) is 2.76. The number of hydrogen-bond acceptors (Lipinski definition) is 3. The molecule has 1 heterocycles. The van der Waals surface area contributed by atoms with Crippen molar-refractivity contribution in [1.82, 2.24) is 4.98 Å². The second-order valence-corrected chi connectivity index (χ2v) is 4.31. The standard InChI is InChI=1S/C14H12F3N3O/c1-7-5-8(6-11(18-2)19-7)14(21)20-10-4-3-9(15)12(16)13(10)17/h3-6H,1-2H3,(H,18,19)(H,20,21). The van der Waals surface area contributed by atoms with E-state index in [0.29, 0.717) is 11.5 Å². The van der Waals surface area contributed by atoms with Crippen molar-refractivity contribution in [2.24, 2.45) is 0 Å². The van der Waals surface area contributed by atoms with Gasteiger partial charge in [0.15, 0.2) is 17.5 Å². The van der Waals surface area contributed by atoms with Crippen molar-refractivity contribution in [3.63, 3.8) is 0 Å². The Kier molecular flexibility index (Phi) is 4.11. The van der Waals surface area contributed by atoms with Crippen molar-refractivity contribution >= 4 is 17.4 Å². The number of benzene rings is 1. The van der Waals surface area contributed by atoms with Crippen LogP contribution in [0.1, 0.15) is 16.1 Å². The lowest BCUT2D eigenvalue weighted by Crippen LogP contribution is -2.15. The third-order valence-corrected chi connectivity index (χ3v) is 2.76. The van der Waals surface area contributed by atoms with Crippen LogP contribution in [0.3, 0.4) is 0 Å². The maximum atomic E-state index is 13.5. The molecule has 0 unspecified atom stereocenters. The largest absolute Gasteiger partial charge is 0.373 e. The Hall–Kier alpha value is -2.57. The molecule has 21 heavy (non-hydrogen) atoms. The Morgan fingerprint density at radius 1 is 1.14 bits per heavy atom. The summed E-state index contributed by atoms with van der Waals surface area (Å²) in [5.74, 6) is -4.58. The van der Waals surface area contributed by atoms with E-state index in [-0.39, 0.29) is 5.56 Å². The van der Waals surface area contributed by atoms with Crippen LogP contribution >= 0.6 is 0 Å². The molecule has 1 aromatic carbocycles. The second kappa shape index (κ2) is 5.82. The van der Waals surface area contributed by atoms with Crippen LogP contribution in [0.2, 0.25) is 0 Å². The zero-order valence-electron chi connectivity index (χ0n) is 11.3. The number of pyridine rings is 1. The quantitative estimate of drug-likeness (QED) is 0.856. The van der Waals surface area contributed by atoms with E-state index in [0.717, 1.165) is 12.1 Å². The number of carbonyl (C=O) groups is 1. The van der Waals surface area contributed by atoms with Gasteiger partial charge in [0.1, 0.15) is 5.82 Å². The van der Waals surface area contributed by atoms with Gasteiger partial charge in [0, 0.05) is 18.3 Å². The summed E-state index contributed by atoms with van der Waals surface area (Å²) in [6.45, 7) is 1.69. The predicted octanol–water partition coefficient (Wildman–Crippen LogP) is 3.10. The Bertz CT molecular complexity index is 704. The fourth-order valence-corrected chi connectivity index (χ4v) is 1.74. The van der Waals surface area contributed by atoms with Crippen molar-refractivity contribution < 1.29 is 18.0 Å². The molecule has 2 rings (SSSR count). The van der Waals surface area contributed by atoms with Gasteiger partial charge in [-0.25, -0.2) is 18.2 Å². The van der Waals surface area contributed by atoms with E-state index >= 15 is 0 Å². The van der Waals surface area contributed by atoms with Crippen molar-refractivity contribution in [3.05, 3.63) is 53.0 Å². The summed E-state index contributed by atoms with van der Waals surface area (Å²) in [5.41, 5.74) is 0.369. The van der Waals surface area contributed by atoms with Crippen molar-refractivity contribution in [2.75, 3.05) is 17.7 Å². The summed E-state index contributed by atoms with van der Waals surface area (Å²) in [7, 11) is 1.64. The highest BCUT2D eigenvalue weighted by Crippen LogP contribution is 2.20. The molecule has 1 aromatic heterocycles. The zero-order valence-corrected chi connectivity index (χ0v) is 11.3. The molecule has 7 heteroatoms. The van der Waals surface area contributed by atoms with Crippen LogP contribution in [-0.2, 0) is 0 Å². The van der Waals surface area contributed by atoms with Gasteiger partial charge in [-0.3, -0.25) is 4.79 Å². The van der Waals surface area contributed by atoms with E-state index in [1.165, 1.54) is 12.1 Å². The fraction of sp³-hybridized carbons (Fsp3) is 0.143. The average molecular weight is 295 g/mol. The minimum atomic E-state index is -1.63. The lowest BCUT2D eigenvalue weighted by atomic mass is 10.2. The number of nitrogens with zero attached hydrogens (tertiary/aromatic N) is 1. The Balaban J connectivity index is 2.30. The monoisotopic (exact) mass is 295 g/mol. The number of amides is 1. The van der Waals surface area contributed by atoms with Crippen molar-refractivity contribution in [1.29, 1.82) is 0 Å². The summed E-state index contributed by atoms with van der Waals surface area (Å²) in [6.07, 6.45) is 0. The predicted molar refractivity (Wildman–Crippen MR) is 72.8 cm³/mol. The normalized spacial score (nSPS) is 10.3. The van der Waals surface area contributed by atoms with Gasteiger partial charge in [0.25, 0.3) is 5.91 Å². The van der Waals surface area contributed by atoms with E-state index in [1.807, 2.05) is 0 Å². The van der Waals surface area contributed by atoms with Crippen LogP contribution in [0.25, 0.3) is 0 Å². The number of anilines is 2. The highest BCUT2D eigenvalue weighted by molar-refractivity contribution is 6.04. The molecule has 0 spiro atoms. The number of aromatic nitrogens is 1. The lowest BCUT2D eigenvalue weighted by Gasteiger charge is -2.09. The number of halogens is 3. The maximum Gasteiger partial charge on any atom is 0.255 e. The van der Waals surface area contributed by atoms with Gasteiger partial charge in [0.2, 0.25) is 0 Å². The first-order valence-corrected chi connectivity index (χ1v) is 6.03. The number of nitrogens with one attached hydrogen (secondary N) is 2. The molecule has 0 aliphatic heterocycles. The molecule has 0 radical (unpaired) electrons. The molecule has 0 saturated carbocycles. The van der Waals surface area contributed by atoms with E-state index in [2.05, 4.69) is 15.6 Å². The Labute approximate surface area is 119 Å². The van der Waals surface area contributed by atoms with Crippen LogP contribution in [0.4, 0.5) is 24.7 Å². The molecular weight excluding hydrogens is 283 g/mol. The molecular formula is C14H12F3N3O. The van der Waals surface area contributed by atoms with Crippen LogP contribution < -0.4 is 10.6 Å². The number of hydrogen-bond donors (Lipinski definition) is 2. The fourth-order valence-electron chi connectivity index (χ4n) is 1.74. The molecule has 2 N–H and O–H groups in total. The molecule has 0 aliphatic carbocycles. The highest BCUT2D eigenvalue weighted by Gasteiger charge is 2.16. The van der Waals surface area contributed by atoms with E-state index in [9.17, 15) is 18.0 Å². The molecule has 110 valence electrons. The summed E-state index contributed by atoms with van der Waals surface area (Å²) >= 11 is 0. The first-order chi connectivity index (χ1) is 9.92. The maximum absolute atomic E-state index is 13.5. The first kappa shape index (κ1) is 14.8. The minimum absolute atomic E-state index is 0.219. The zero-order chi connectivity index (χ0) is 15.6. The number of aryl methyl sites for hydroxylation is 1. The molecule has 0 bridgehead atoms. The molecule has 0 aliphatic rings. The SMILES string of the molecule is CNc1cc(C(=O)Nc2ccc(F)c(F)c2F)cc(C)n1. The van der Waals surface area contributed by atoms with Gasteiger partial charge in [-0.15, -0.1) is 0 Å². The third kappa shape index (κ3) is 3.13. The molecule has 0 atom stereocenters. The highest BCUT2D eigenvalue weighted by atomic mass is 19.2. The van der Waals surface area contributed by atoms with Gasteiger partial charge in [-0.2, -0.15) is 0 Å². The summed E-state index contributed by atoms with van der Waals surface area (Å²) in [5, 5.41) is 4.98. The summed E-state index contributed by atoms with van der Waals surface area (Å²) in [4.78, 5) is 16.1. The lowest BCUT2D eigenvalue weighted by molar-refractivity contribution is 0.102. The topological polar surface area (TPSA) is 54.0 Å². The first-order valence-electron chi connectivity index (χ1n) is 6.03. The molecule has 2 aromatic rings. The number of carbonyl (C=O) groups excluding carboxylic acids is 1. The van der Waals surface area contributed by atoms with Crippen molar-refractivity contribution in [2.45, 2.75) is 6.92 Å². The summed E-state index contributed by atoms with van der Waals surface area (Å²) in [6, 6.07) is 4.65. The van der Waals surface area contributed by atoms with Gasteiger partial charge in [0.05, 0.1) is 5.69 Å². The molecule has 1 amide bonds. The summed E-state index contributed by atoms with van der Waals surface area (Å²) < 4.78 is 39.4. The Morgan fingerprint density at radius 2 is 1.86 bits per heavy atom. The van der Waals surface area contributed by atoms with E-state index in [4.69, 9.17) is 0 Å². The second-order valence-electron chi connectivity index (χ2n) is 4.31. The molecule has 4 nitrogen and oxygen atoms in total. The average Bonchev–Trinajstić information content (AvgIpc) is 2.47. The minimum Gasteiger partial charge on any atom is -0.373 e. The van der Waals surface area contributed by atoms with Gasteiger partial charge >= 0.3 is 0 Å². The van der Waals surface area contributed by atoms with Crippen LogP contribution in [0.5, 0.6) is 0 Å². The smallest absolute Gasteiger partial charge is 0.255 e. The molecule has 0 saturated heterocycles. The van der Waals surface area contributed by atoms with Gasteiger partial charge in [-0.05, 0) is 31.2 Å². The van der Waals surface area contributed by atoms with E-state index < -0.39 is 29.0 Å². The van der Waals surface area contributed by atoms with Gasteiger partial charge < -0.3 is 10.6 Å². The van der Waals surface area contributed by atoms with Crippen molar-refractivity contribution in [3.8, 4) is 0 Å². The Morgan fingerprint density at radius 3 is 2.52 bits per heavy atom. The van der Waals surface area contributed by atoms with E-state index in [1.54, 1.807) is 14.0 Å². The number of rotatable bonds is 3. The van der Waals surface area contributed by atoms with Crippen LogP contribution in [0.15, 0.2) is 24.3 Å². The molecule has 0 fully saturated rings. The van der Waals surface area contributed by atoms with Gasteiger partial charge in [-0.1, -0.05) is 0 Å². The van der Waals surface area contributed by atoms with Crippen LogP contribution in [0, 0.1) is 24.4 Å².